The van der Waals surface area contributed by atoms with E-state index in [1.807, 2.05) is 0 Å². The van der Waals surface area contributed by atoms with E-state index in [4.69, 9.17) is 4.52 Å². The van der Waals surface area contributed by atoms with Gasteiger partial charge in [-0.25, -0.2) is 4.79 Å². The fraction of sp³-hybridized carbons (Fsp3) is 0.333. The number of rotatable bonds is 6. The number of ether oxygens (including phenoxy) is 1. The average Bonchev–Trinajstić information content (AvgIpc) is 2.96. The van der Waals surface area contributed by atoms with Crippen molar-refractivity contribution < 1.29 is 18.8 Å². The summed E-state index contributed by atoms with van der Waals surface area (Å²) in [6.07, 6.45) is 1.29. The van der Waals surface area contributed by atoms with Crippen LogP contribution < -0.4 is 5.32 Å². The fourth-order valence-corrected chi connectivity index (χ4v) is 1.89. The highest BCUT2D eigenvalue weighted by Crippen LogP contribution is 2.07. The number of esters is 1. The summed E-state index contributed by atoms with van der Waals surface area (Å²) >= 11 is 0. The Morgan fingerprint density at radius 1 is 1.32 bits per heavy atom. The highest BCUT2D eigenvalue weighted by Gasteiger charge is 2.10. The summed E-state index contributed by atoms with van der Waals surface area (Å²) in [5.74, 6) is 0.437. The van der Waals surface area contributed by atoms with Crippen LogP contribution in [0.25, 0.3) is 0 Å². The Labute approximate surface area is 127 Å². The Morgan fingerprint density at radius 2 is 2.09 bits per heavy atom. The van der Waals surface area contributed by atoms with Crippen LogP contribution in [0.2, 0.25) is 0 Å². The van der Waals surface area contributed by atoms with Crippen LogP contribution in [-0.4, -0.2) is 35.7 Å². The molecule has 0 unspecified atom stereocenters. The van der Waals surface area contributed by atoms with Gasteiger partial charge in [0, 0.05) is 18.5 Å². The molecule has 0 spiro atoms. The number of aryl methyl sites for hydroxylation is 2. The second kappa shape index (κ2) is 7.35. The molecule has 0 saturated heterocycles. The lowest BCUT2D eigenvalue weighted by molar-refractivity contribution is 0.0600. The van der Waals surface area contributed by atoms with E-state index in [-0.39, 0.29) is 5.91 Å². The van der Waals surface area contributed by atoms with Crippen LogP contribution >= 0.6 is 0 Å². The minimum atomic E-state index is -0.471. The lowest BCUT2D eigenvalue weighted by atomic mass is 10.1. The molecule has 116 valence electrons. The van der Waals surface area contributed by atoms with Crippen LogP contribution in [0.1, 0.15) is 38.9 Å². The molecule has 0 aliphatic carbocycles. The van der Waals surface area contributed by atoms with Crippen molar-refractivity contribution in [1.82, 2.24) is 15.5 Å². The summed E-state index contributed by atoms with van der Waals surface area (Å²) in [6, 6.07) is 6.38. The number of carbonyl (C=O) groups excluding carboxylic acids is 2. The van der Waals surface area contributed by atoms with Crippen molar-refractivity contribution in [2.75, 3.05) is 13.7 Å². The Balaban J connectivity index is 1.83. The number of hydrogen-bond donors (Lipinski definition) is 1. The molecule has 0 aliphatic rings. The molecular formula is C15H17N3O4. The van der Waals surface area contributed by atoms with E-state index in [9.17, 15) is 9.59 Å². The predicted molar refractivity (Wildman–Crippen MR) is 77.5 cm³/mol. The molecule has 1 aromatic carbocycles. The molecule has 0 fully saturated rings. The minimum Gasteiger partial charge on any atom is -0.465 e. The molecule has 22 heavy (non-hydrogen) atoms. The molecule has 2 rings (SSSR count). The third-order valence-electron chi connectivity index (χ3n) is 2.97. The number of carbonyl (C=O) groups is 2. The summed E-state index contributed by atoms with van der Waals surface area (Å²) in [5, 5.41) is 6.47. The van der Waals surface area contributed by atoms with Gasteiger partial charge in [0.1, 0.15) is 0 Å². The molecule has 0 bridgehead atoms. The molecule has 0 radical (unpaired) electrons. The summed E-state index contributed by atoms with van der Waals surface area (Å²) < 4.78 is 9.61. The zero-order valence-electron chi connectivity index (χ0n) is 12.5. The maximum Gasteiger partial charge on any atom is 0.337 e. The standard InChI is InChI=1S/C15H17N3O4/c1-10-17-13(22-18-10)7-4-8-16-14(19)11-5-3-6-12(9-11)15(20)21-2/h3,5-6,9H,4,7-8H2,1-2H3,(H,16,19). The second-order valence-corrected chi connectivity index (χ2v) is 4.67. The van der Waals surface area contributed by atoms with Crippen molar-refractivity contribution in [2.45, 2.75) is 19.8 Å². The molecule has 2 aromatic rings. The molecule has 1 heterocycles. The number of benzene rings is 1. The molecule has 1 aromatic heterocycles. The molecule has 7 nitrogen and oxygen atoms in total. The van der Waals surface area contributed by atoms with Gasteiger partial charge >= 0.3 is 5.97 Å². The SMILES string of the molecule is COC(=O)c1cccc(C(=O)NCCCc2nc(C)no2)c1. The summed E-state index contributed by atoms with van der Waals surface area (Å²) in [4.78, 5) is 27.5. The van der Waals surface area contributed by atoms with Crippen molar-refractivity contribution in [2.24, 2.45) is 0 Å². The number of amides is 1. The zero-order chi connectivity index (χ0) is 15.9. The van der Waals surface area contributed by atoms with Crippen molar-refractivity contribution >= 4 is 11.9 Å². The van der Waals surface area contributed by atoms with Crippen LogP contribution in [0.3, 0.4) is 0 Å². The van der Waals surface area contributed by atoms with Crippen molar-refractivity contribution in [3.63, 3.8) is 0 Å². The van der Waals surface area contributed by atoms with Gasteiger partial charge in [0.15, 0.2) is 5.82 Å². The molecule has 0 saturated carbocycles. The third kappa shape index (κ3) is 4.15. The zero-order valence-corrected chi connectivity index (χ0v) is 12.5. The van der Waals surface area contributed by atoms with Crippen molar-refractivity contribution in [3.8, 4) is 0 Å². The first kappa shape index (κ1) is 15.7. The second-order valence-electron chi connectivity index (χ2n) is 4.67. The number of hydrogen-bond acceptors (Lipinski definition) is 6. The monoisotopic (exact) mass is 303 g/mol. The minimum absolute atomic E-state index is 0.243. The normalized spacial score (nSPS) is 10.3. The summed E-state index contributed by atoms with van der Waals surface area (Å²) in [7, 11) is 1.30. The highest BCUT2D eigenvalue weighted by molar-refractivity contribution is 5.97. The van der Waals surface area contributed by atoms with Gasteiger partial charge in [0.2, 0.25) is 5.89 Å². The highest BCUT2D eigenvalue weighted by atomic mass is 16.5. The lowest BCUT2D eigenvalue weighted by Gasteiger charge is -2.05. The Bertz CT molecular complexity index is 666. The van der Waals surface area contributed by atoms with E-state index >= 15 is 0 Å². The maximum atomic E-state index is 12.0. The van der Waals surface area contributed by atoms with Crippen molar-refractivity contribution in [3.05, 3.63) is 47.1 Å². The van der Waals surface area contributed by atoms with Crippen LogP contribution in [0.4, 0.5) is 0 Å². The molecule has 1 amide bonds. The van der Waals surface area contributed by atoms with E-state index in [1.165, 1.54) is 13.2 Å². The van der Waals surface area contributed by atoms with Gasteiger partial charge in [0.05, 0.1) is 12.7 Å². The van der Waals surface area contributed by atoms with Crippen LogP contribution in [-0.2, 0) is 11.2 Å². The Kier molecular flexibility index (Phi) is 5.24. The van der Waals surface area contributed by atoms with Gasteiger partial charge in [0.25, 0.3) is 5.91 Å². The Morgan fingerprint density at radius 3 is 2.77 bits per heavy atom. The third-order valence-corrected chi connectivity index (χ3v) is 2.97. The molecule has 0 aliphatic heterocycles. The van der Waals surface area contributed by atoms with E-state index in [2.05, 4.69) is 20.2 Å². The van der Waals surface area contributed by atoms with E-state index in [1.54, 1.807) is 25.1 Å². The molecular weight excluding hydrogens is 286 g/mol. The first-order chi connectivity index (χ1) is 10.6. The lowest BCUT2D eigenvalue weighted by Crippen LogP contribution is -2.25. The van der Waals surface area contributed by atoms with Gasteiger partial charge in [-0.15, -0.1) is 0 Å². The van der Waals surface area contributed by atoms with Gasteiger partial charge in [-0.2, -0.15) is 4.98 Å². The maximum absolute atomic E-state index is 12.0. The topological polar surface area (TPSA) is 94.3 Å². The van der Waals surface area contributed by atoms with Gasteiger partial charge in [-0.05, 0) is 31.5 Å². The fourth-order valence-electron chi connectivity index (χ4n) is 1.89. The van der Waals surface area contributed by atoms with E-state index < -0.39 is 5.97 Å². The largest absolute Gasteiger partial charge is 0.465 e. The van der Waals surface area contributed by atoms with Crippen LogP contribution in [0, 0.1) is 6.92 Å². The van der Waals surface area contributed by atoms with E-state index in [0.29, 0.717) is 42.2 Å². The van der Waals surface area contributed by atoms with Crippen molar-refractivity contribution in [1.29, 1.82) is 0 Å². The molecule has 0 atom stereocenters. The number of nitrogens with zero attached hydrogens (tertiary/aromatic N) is 2. The van der Waals surface area contributed by atoms with Crippen LogP contribution in [0.15, 0.2) is 28.8 Å². The molecule has 7 heteroatoms. The number of nitrogens with one attached hydrogen (secondary N) is 1. The van der Waals surface area contributed by atoms with Gasteiger partial charge < -0.3 is 14.6 Å². The Hall–Kier alpha value is -2.70. The van der Waals surface area contributed by atoms with Gasteiger partial charge in [-0.3, -0.25) is 4.79 Å². The predicted octanol–water partition coefficient (Wildman–Crippen LogP) is 1.53. The average molecular weight is 303 g/mol. The summed E-state index contributed by atoms with van der Waals surface area (Å²) in [5.41, 5.74) is 0.757. The first-order valence-corrected chi connectivity index (χ1v) is 6.86. The smallest absolute Gasteiger partial charge is 0.337 e. The number of methoxy groups -OCH3 is 1. The molecule has 1 N–H and O–H groups in total. The van der Waals surface area contributed by atoms with Gasteiger partial charge in [-0.1, -0.05) is 11.2 Å². The number of aromatic nitrogens is 2. The quantitative estimate of drug-likeness (QED) is 0.642. The summed E-state index contributed by atoms with van der Waals surface area (Å²) in [6.45, 7) is 2.23. The first-order valence-electron chi connectivity index (χ1n) is 6.86. The van der Waals surface area contributed by atoms with E-state index in [0.717, 1.165) is 0 Å². The van der Waals surface area contributed by atoms with Crippen LogP contribution in [0.5, 0.6) is 0 Å².